The van der Waals surface area contributed by atoms with Crippen LogP contribution in [0.4, 0.5) is 10.3 Å². The Kier molecular flexibility index (Phi) is 4.40. The summed E-state index contributed by atoms with van der Waals surface area (Å²) >= 11 is 0. The van der Waals surface area contributed by atoms with Crippen LogP contribution in [0.2, 0.25) is 0 Å². The van der Waals surface area contributed by atoms with Crippen LogP contribution in [0.25, 0.3) is 11.0 Å². The summed E-state index contributed by atoms with van der Waals surface area (Å²) in [4.78, 5) is 4.75. The number of halogens is 1. The number of nitrogens with two attached hydrogens (primary N) is 1. The van der Waals surface area contributed by atoms with Gasteiger partial charge in [0.05, 0.1) is 17.6 Å². The Hall–Kier alpha value is -2.40. The van der Waals surface area contributed by atoms with Gasteiger partial charge >= 0.3 is 0 Å². The minimum Gasteiger partial charge on any atom is -0.353 e. The number of hydrogen-bond acceptors (Lipinski definition) is 3. The second-order valence-electron chi connectivity index (χ2n) is 6.86. The Morgan fingerprint density at radius 2 is 1.76 bits per heavy atom. The van der Waals surface area contributed by atoms with Crippen molar-refractivity contribution < 1.29 is 4.39 Å². The quantitative estimate of drug-likeness (QED) is 0.758. The Morgan fingerprint density at radius 1 is 1.04 bits per heavy atom. The number of anilines is 1. The molecule has 0 atom stereocenters. The number of nitrogens with one attached hydrogen (secondary N) is 1. The number of rotatable bonds is 4. The SMILES string of the molecule is NC1CCC(Nc2nc3ccccc3n2Cc2ccccc2F)CC1. The van der Waals surface area contributed by atoms with Crippen molar-refractivity contribution in [1.82, 2.24) is 9.55 Å². The maximum absolute atomic E-state index is 14.1. The van der Waals surface area contributed by atoms with E-state index in [0.717, 1.165) is 42.7 Å². The minimum absolute atomic E-state index is 0.185. The highest BCUT2D eigenvalue weighted by Gasteiger charge is 2.21. The summed E-state index contributed by atoms with van der Waals surface area (Å²) < 4.78 is 16.2. The fourth-order valence-electron chi connectivity index (χ4n) is 3.59. The van der Waals surface area contributed by atoms with E-state index < -0.39 is 0 Å². The highest BCUT2D eigenvalue weighted by molar-refractivity contribution is 5.78. The van der Waals surface area contributed by atoms with Gasteiger partial charge in [-0.3, -0.25) is 0 Å². The lowest BCUT2D eigenvalue weighted by Crippen LogP contribution is -2.33. The first kappa shape index (κ1) is 16.1. The molecule has 130 valence electrons. The third kappa shape index (κ3) is 3.37. The molecule has 3 N–H and O–H groups in total. The third-order valence-electron chi connectivity index (χ3n) is 5.05. The van der Waals surface area contributed by atoms with Crippen molar-refractivity contribution in [3.63, 3.8) is 0 Å². The molecule has 4 rings (SSSR count). The molecule has 1 fully saturated rings. The Bertz CT molecular complexity index is 865. The number of hydrogen-bond donors (Lipinski definition) is 2. The first-order valence-electron chi connectivity index (χ1n) is 8.91. The summed E-state index contributed by atoms with van der Waals surface area (Å²) in [5.74, 6) is 0.625. The van der Waals surface area contributed by atoms with E-state index in [1.807, 2.05) is 36.4 Å². The summed E-state index contributed by atoms with van der Waals surface area (Å²) in [6.45, 7) is 0.460. The molecule has 0 bridgehead atoms. The van der Waals surface area contributed by atoms with Crippen molar-refractivity contribution >= 4 is 17.0 Å². The van der Waals surface area contributed by atoms with Crippen LogP contribution in [0, 0.1) is 5.82 Å². The number of imidazole rings is 1. The van der Waals surface area contributed by atoms with Crippen molar-refractivity contribution in [2.75, 3.05) is 5.32 Å². The third-order valence-corrected chi connectivity index (χ3v) is 5.05. The van der Waals surface area contributed by atoms with E-state index in [0.29, 0.717) is 24.2 Å². The van der Waals surface area contributed by atoms with Crippen molar-refractivity contribution in [2.45, 2.75) is 44.3 Å². The van der Waals surface area contributed by atoms with Gasteiger partial charge in [0.15, 0.2) is 0 Å². The van der Waals surface area contributed by atoms with E-state index >= 15 is 0 Å². The average Bonchev–Trinajstić information content (AvgIpc) is 2.96. The molecule has 0 spiro atoms. The van der Waals surface area contributed by atoms with Crippen LogP contribution in [0.1, 0.15) is 31.2 Å². The predicted molar refractivity (Wildman–Crippen MR) is 99.1 cm³/mol. The van der Waals surface area contributed by atoms with Gasteiger partial charge in [0.1, 0.15) is 5.82 Å². The number of aromatic nitrogens is 2. The molecule has 0 unspecified atom stereocenters. The van der Waals surface area contributed by atoms with Gasteiger partial charge in [0, 0.05) is 17.6 Å². The maximum Gasteiger partial charge on any atom is 0.204 e. The van der Waals surface area contributed by atoms with E-state index in [2.05, 4.69) is 9.88 Å². The molecule has 1 heterocycles. The van der Waals surface area contributed by atoms with Crippen LogP contribution < -0.4 is 11.1 Å². The predicted octanol–water partition coefficient (Wildman–Crippen LogP) is 3.91. The topological polar surface area (TPSA) is 55.9 Å². The number of nitrogens with zero attached hydrogens (tertiary/aromatic N) is 2. The number of para-hydroxylation sites is 2. The van der Waals surface area contributed by atoms with Crippen LogP contribution in [-0.2, 0) is 6.54 Å². The first-order chi connectivity index (χ1) is 12.2. The Balaban J connectivity index is 1.67. The van der Waals surface area contributed by atoms with Crippen molar-refractivity contribution in [2.24, 2.45) is 5.73 Å². The van der Waals surface area contributed by atoms with Crippen molar-refractivity contribution in [1.29, 1.82) is 0 Å². The smallest absolute Gasteiger partial charge is 0.204 e. The Labute approximate surface area is 146 Å². The van der Waals surface area contributed by atoms with E-state index in [4.69, 9.17) is 10.7 Å². The molecule has 1 aromatic heterocycles. The summed E-state index contributed by atoms with van der Waals surface area (Å²) in [7, 11) is 0. The zero-order chi connectivity index (χ0) is 17.2. The van der Waals surface area contributed by atoms with Crippen LogP contribution in [0.3, 0.4) is 0 Å². The fraction of sp³-hybridized carbons (Fsp3) is 0.350. The molecule has 25 heavy (non-hydrogen) atoms. The Morgan fingerprint density at radius 3 is 2.56 bits per heavy atom. The van der Waals surface area contributed by atoms with Gasteiger partial charge in [-0.25, -0.2) is 9.37 Å². The van der Waals surface area contributed by atoms with E-state index in [9.17, 15) is 4.39 Å². The van der Waals surface area contributed by atoms with Crippen LogP contribution in [0.5, 0.6) is 0 Å². The van der Waals surface area contributed by atoms with Crippen LogP contribution >= 0.6 is 0 Å². The summed E-state index contributed by atoms with van der Waals surface area (Å²) in [5, 5.41) is 3.57. The molecule has 0 amide bonds. The summed E-state index contributed by atoms with van der Waals surface area (Å²) in [6, 6.07) is 15.6. The van der Waals surface area contributed by atoms with Crippen molar-refractivity contribution in [3.05, 3.63) is 59.9 Å². The van der Waals surface area contributed by atoms with Gasteiger partial charge in [0.25, 0.3) is 0 Å². The van der Waals surface area contributed by atoms with Crippen LogP contribution in [0.15, 0.2) is 48.5 Å². The van der Waals surface area contributed by atoms with Gasteiger partial charge in [-0.05, 0) is 43.9 Å². The molecule has 0 radical (unpaired) electrons. The summed E-state index contributed by atoms with van der Waals surface area (Å²) in [6.07, 6.45) is 4.16. The van der Waals surface area contributed by atoms with E-state index in [-0.39, 0.29) is 5.82 Å². The zero-order valence-corrected chi connectivity index (χ0v) is 14.2. The van der Waals surface area contributed by atoms with Gasteiger partial charge in [-0.1, -0.05) is 30.3 Å². The second-order valence-corrected chi connectivity index (χ2v) is 6.86. The molecule has 5 heteroatoms. The number of fused-ring (bicyclic) bond motifs is 1. The largest absolute Gasteiger partial charge is 0.353 e. The van der Waals surface area contributed by atoms with Gasteiger partial charge < -0.3 is 15.6 Å². The highest BCUT2D eigenvalue weighted by Crippen LogP contribution is 2.25. The molecule has 1 aliphatic carbocycles. The molecule has 0 saturated heterocycles. The highest BCUT2D eigenvalue weighted by atomic mass is 19.1. The molecule has 2 aromatic carbocycles. The van der Waals surface area contributed by atoms with Gasteiger partial charge in [-0.15, -0.1) is 0 Å². The van der Waals surface area contributed by atoms with Gasteiger partial charge in [-0.2, -0.15) is 0 Å². The zero-order valence-electron chi connectivity index (χ0n) is 14.2. The fourth-order valence-corrected chi connectivity index (χ4v) is 3.59. The molecule has 1 saturated carbocycles. The lowest BCUT2D eigenvalue weighted by Gasteiger charge is -2.27. The lowest BCUT2D eigenvalue weighted by atomic mass is 9.92. The van der Waals surface area contributed by atoms with Crippen molar-refractivity contribution in [3.8, 4) is 0 Å². The number of benzene rings is 2. The van der Waals surface area contributed by atoms with E-state index in [1.54, 1.807) is 6.07 Å². The van der Waals surface area contributed by atoms with Crippen LogP contribution in [-0.4, -0.2) is 21.6 Å². The standard InChI is InChI=1S/C20H23FN4/c21-17-6-2-1-5-14(17)13-25-19-8-4-3-7-18(19)24-20(25)23-16-11-9-15(22)10-12-16/h1-8,15-16H,9-13,22H2,(H,23,24). The first-order valence-corrected chi connectivity index (χ1v) is 8.91. The molecular formula is C20H23FN4. The molecule has 1 aliphatic rings. The molecule has 0 aliphatic heterocycles. The molecular weight excluding hydrogens is 315 g/mol. The minimum atomic E-state index is -0.185. The second kappa shape index (κ2) is 6.84. The lowest BCUT2D eigenvalue weighted by molar-refractivity contribution is 0.409. The monoisotopic (exact) mass is 338 g/mol. The normalized spacial score (nSPS) is 20.7. The molecule has 4 nitrogen and oxygen atoms in total. The maximum atomic E-state index is 14.1. The molecule has 3 aromatic rings. The van der Waals surface area contributed by atoms with Gasteiger partial charge in [0.2, 0.25) is 5.95 Å². The van der Waals surface area contributed by atoms with E-state index in [1.165, 1.54) is 6.07 Å². The average molecular weight is 338 g/mol. The summed E-state index contributed by atoms with van der Waals surface area (Å²) in [5.41, 5.74) is 8.62.